The molecule has 0 radical (unpaired) electrons. The van der Waals surface area contributed by atoms with Gasteiger partial charge in [-0.3, -0.25) is 14.5 Å². The maximum Gasteiger partial charge on any atom is 0.300 e. The highest BCUT2D eigenvalue weighted by molar-refractivity contribution is 6.51. The quantitative estimate of drug-likeness (QED) is 0.269. The summed E-state index contributed by atoms with van der Waals surface area (Å²) in [4.78, 5) is 27.3. The molecule has 0 bridgehead atoms. The molecule has 1 heterocycles. The second kappa shape index (κ2) is 10.1. The van der Waals surface area contributed by atoms with Crippen LogP contribution in [0.4, 0.5) is 14.5 Å². The molecule has 7 nitrogen and oxygen atoms in total. The number of carbonyl (C=O) groups excluding carboxylic acids is 2. The van der Waals surface area contributed by atoms with E-state index in [9.17, 15) is 28.6 Å². The smallest absolute Gasteiger partial charge is 0.300 e. The number of nitrogens with zero attached hydrogens (tertiary/aromatic N) is 1. The van der Waals surface area contributed by atoms with Gasteiger partial charge in [0, 0.05) is 12.1 Å². The van der Waals surface area contributed by atoms with Crippen molar-refractivity contribution in [3.63, 3.8) is 0 Å². The Bertz CT molecular complexity index is 1350. The highest BCUT2D eigenvalue weighted by Crippen LogP contribution is 2.44. The highest BCUT2D eigenvalue weighted by Gasteiger charge is 2.48. The fourth-order valence-electron chi connectivity index (χ4n) is 4.10. The predicted molar refractivity (Wildman–Crippen MR) is 128 cm³/mol. The van der Waals surface area contributed by atoms with Gasteiger partial charge in [-0.1, -0.05) is 12.1 Å². The first-order valence-corrected chi connectivity index (χ1v) is 11.2. The Kier molecular flexibility index (Phi) is 6.91. The number of rotatable bonds is 7. The van der Waals surface area contributed by atoms with E-state index in [1.165, 1.54) is 30.3 Å². The predicted octanol–water partition coefficient (Wildman–Crippen LogP) is 5.09. The number of hydrogen-bond donors (Lipinski definition) is 2. The van der Waals surface area contributed by atoms with Crippen LogP contribution >= 0.6 is 0 Å². The summed E-state index contributed by atoms with van der Waals surface area (Å²) in [5.41, 5.74) is -0.227. The number of amides is 1. The SMILES string of the molecule is CCOc1ccc(/C(O)=C2/C(=O)C(=O)N(c3ccc(F)cc3F)C2c2ccc(O)cc2)c(OCC)c1. The fourth-order valence-corrected chi connectivity index (χ4v) is 4.10. The average Bonchev–Trinajstić information content (AvgIpc) is 3.10. The number of phenols is 1. The second-order valence-electron chi connectivity index (χ2n) is 7.88. The van der Waals surface area contributed by atoms with Crippen LogP contribution < -0.4 is 14.4 Å². The number of Topliss-reactive ketones (excluding diaryl/α,β-unsaturated/α-hetero) is 1. The van der Waals surface area contributed by atoms with Gasteiger partial charge in [-0.2, -0.15) is 0 Å². The lowest BCUT2D eigenvalue weighted by Crippen LogP contribution is -2.30. The van der Waals surface area contributed by atoms with E-state index in [2.05, 4.69) is 0 Å². The number of halogens is 2. The van der Waals surface area contributed by atoms with E-state index in [0.29, 0.717) is 24.0 Å². The monoisotopic (exact) mass is 495 g/mol. The van der Waals surface area contributed by atoms with Crippen LogP contribution in [0.1, 0.15) is 31.0 Å². The molecule has 1 atom stereocenters. The molecule has 186 valence electrons. The lowest BCUT2D eigenvalue weighted by atomic mass is 9.94. The standard InChI is InChI=1S/C27H23F2NO6/c1-3-35-18-10-11-19(22(14-18)36-4-2)25(32)23-24(15-5-8-17(31)9-6-15)30(27(34)26(23)33)21-12-7-16(28)13-20(21)29/h5-14,24,31-32H,3-4H2,1-2H3/b25-23-. The molecule has 1 amide bonds. The van der Waals surface area contributed by atoms with E-state index in [4.69, 9.17) is 9.47 Å². The Labute approximate surface area is 205 Å². The third-order valence-corrected chi connectivity index (χ3v) is 5.64. The molecule has 1 unspecified atom stereocenters. The molecular formula is C27H23F2NO6. The summed E-state index contributed by atoms with van der Waals surface area (Å²) in [6.07, 6.45) is 0. The number of ketones is 1. The number of aliphatic hydroxyl groups is 1. The van der Waals surface area contributed by atoms with Gasteiger partial charge in [0.15, 0.2) is 0 Å². The van der Waals surface area contributed by atoms with E-state index >= 15 is 0 Å². The van der Waals surface area contributed by atoms with E-state index < -0.39 is 35.1 Å². The highest BCUT2D eigenvalue weighted by atomic mass is 19.1. The number of aliphatic hydroxyl groups excluding tert-OH is 1. The summed E-state index contributed by atoms with van der Waals surface area (Å²) in [7, 11) is 0. The van der Waals surface area contributed by atoms with Gasteiger partial charge in [-0.15, -0.1) is 0 Å². The van der Waals surface area contributed by atoms with Crippen molar-refractivity contribution >= 4 is 23.1 Å². The first-order chi connectivity index (χ1) is 17.3. The Hall–Kier alpha value is -4.40. The van der Waals surface area contributed by atoms with Crippen LogP contribution in [-0.2, 0) is 9.59 Å². The summed E-state index contributed by atoms with van der Waals surface area (Å²) < 4.78 is 39.5. The second-order valence-corrected chi connectivity index (χ2v) is 7.88. The van der Waals surface area contributed by atoms with Crippen LogP contribution in [0.15, 0.2) is 66.2 Å². The summed E-state index contributed by atoms with van der Waals surface area (Å²) in [5, 5.41) is 21.1. The zero-order valence-corrected chi connectivity index (χ0v) is 19.5. The van der Waals surface area contributed by atoms with Crippen molar-refractivity contribution in [3.05, 3.63) is 89.0 Å². The third-order valence-electron chi connectivity index (χ3n) is 5.64. The maximum absolute atomic E-state index is 14.8. The van der Waals surface area contributed by atoms with Gasteiger partial charge in [-0.05, 0) is 55.8 Å². The molecule has 1 saturated heterocycles. The van der Waals surface area contributed by atoms with Crippen LogP contribution in [0.2, 0.25) is 0 Å². The van der Waals surface area contributed by atoms with Crippen LogP contribution in [0.5, 0.6) is 17.2 Å². The van der Waals surface area contributed by atoms with Crippen molar-refractivity contribution in [2.24, 2.45) is 0 Å². The summed E-state index contributed by atoms with van der Waals surface area (Å²) in [5.74, 6) is -4.01. The van der Waals surface area contributed by atoms with Gasteiger partial charge in [-0.25, -0.2) is 8.78 Å². The molecule has 3 aromatic carbocycles. The largest absolute Gasteiger partial charge is 0.508 e. The van der Waals surface area contributed by atoms with Crippen LogP contribution in [0, 0.1) is 11.6 Å². The van der Waals surface area contributed by atoms with E-state index in [0.717, 1.165) is 17.0 Å². The maximum atomic E-state index is 14.8. The number of phenolic OH excluding ortho intramolecular Hbond substituents is 1. The first-order valence-electron chi connectivity index (χ1n) is 11.2. The molecule has 36 heavy (non-hydrogen) atoms. The van der Waals surface area contributed by atoms with Gasteiger partial charge in [0.05, 0.1) is 36.1 Å². The van der Waals surface area contributed by atoms with Crippen molar-refractivity contribution in [1.82, 2.24) is 0 Å². The van der Waals surface area contributed by atoms with Gasteiger partial charge in [0.25, 0.3) is 11.7 Å². The lowest BCUT2D eigenvalue weighted by molar-refractivity contribution is -0.132. The van der Waals surface area contributed by atoms with Gasteiger partial charge >= 0.3 is 0 Å². The summed E-state index contributed by atoms with van der Waals surface area (Å²) in [6.45, 7) is 4.18. The van der Waals surface area contributed by atoms with Gasteiger partial charge < -0.3 is 19.7 Å². The van der Waals surface area contributed by atoms with E-state index in [-0.39, 0.29) is 34.9 Å². The Morgan fingerprint density at radius 1 is 0.944 bits per heavy atom. The topological polar surface area (TPSA) is 96.3 Å². The Balaban J connectivity index is 1.96. The van der Waals surface area contributed by atoms with Crippen molar-refractivity contribution < 1.29 is 38.1 Å². The third kappa shape index (κ3) is 4.47. The molecule has 3 aromatic rings. The minimum atomic E-state index is -1.27. The van der Waals surface area contributed by atoms with Crippen LogP contribution in [0.3, 0.4) is 0 Å². The molecule has 1 aliphatic rings. The fraction of sp³-hybridized carbons (Fsp3) is 0.185. The summed E-state index contributed by atoms with van der Waals surface area (Å²) in [6, 6.07) is 11.5. The molecule has 0 spiro atoms. The van der Waals surface area contributed by atoms with Gasteiger partial charge in [0.2, 0.25) is 0 Å². The van der Waals surface area contributed by atoms with Crippen molar-refractivity contribution in [3.8, 4) is 17.2 Å². The molecule has 0 aliphatic carbocycles. The molecule has 1 aliphatic heterocycles. The minimum absolute atomic E-state index is 0.0752. The zero-order valence-electron chi connectivity index (χ0n) is 19.5. The van der Waals surface area contributed by atoms with Crippen molar-refractivity contribution in [1.29, 1.82) is 0 Å². The molecule has 2 N–H and O–H groups in total. The summed E-state index contributed by atoms with van der Waals surface area (Å²) >= 11 is 0. The normalized spacial score (nSPS) is 16.9. The number of ether oxygens (including phenoxy) is 2. The molecule has 9 heteroatoms. The van der Waals surface area contributed by atoms with Crippen LogP contribution in [0.25, 0.3) is 5.76 Å². The zero-order chi connectivity index (χ0) is 26.0. The first kappa shape index (κ1) is 24.7. The van der Waals surface area contributed by atoms with E-state index in [1.807, 2.05) is 6.92 Å². The average molecular weight is 495 g/mol. The van der Waals surface area contributed by atoms with Crippen LogP contribution in [-0.4, -0.2) is 35.1 Å². The molecular weight excluding hydrogens is 472 g/mol. The molecule has 0 aromatic heterocycles. The molecule has 4 rings (SSSR count). The minimum Gasteiger partial charge on any atom is -0.508 e. The number of hydrogen-bond acceptors (Lipinski definition) is 6. The Morgan fingerprint density at radius 3 is 2.28 bits per heavy atom. The molecule has 0 saturated carbocycles. The van der Waals surface area contributed by atoms with Crippen molar-refractivity contribution in [2.75, 3.05) is 18.1 Å². The van der Waals surface area contributed by atoms with E-state index in [1.54, 1.807) is 19.1 Å². The lowest BCUT2D eigenvalue weighted by Gasteiger charge is -2.26. The Morgan fingerprint density at radius 2 is 1.64 bits per heavy atom. The number of carbonyl (C=O) groups is 2. The number of benzene rings is 3. The van der Waals surface area contributed by atoms with Crippen molar-refractivity contribution in [2.45, 2.75) is 19.9 Å². The molecule has 1 fully saturated rings. The number of anilines is 1. The number of aromatic hydroxyl groups is 1. The van der Waals surface area contributed by atoms with Gasteiger partial charge in [0.1, 0.15) is 34.6 Å².